The van der Waals surface area contributed by atoms with Gasteiger partial charge in [0, 0.05) is 6.54 Å². The first-order chi connectivity index (χ1) is 8.79. The van der Waals surface area contributed by atoms with Gasteiger partial charge < -0.3 is 10.2 Å². The molecule has 19 heavy (non-hydrogen) atoms. The summed E-state index contributed by atoms with van der Waals surface area (Å²) in [6, 6.07) is 4.06. The number of hydrogen-bond acceptors (Lipinski definition) is 4. The number of aliphatic hydroxyl groups excluding tert-OH is 1. The van der Waals surface area contributed by atoms with E-state index in [4.69, 9.17) is 5.11 Å². The minimum absolute atomic E-state index is 0.0566. The molecule has 0 saturated carbocycles. The summed E-state index contributed by atoms with van der Waals surface area (Å²) in [6.07, 6.45) is -0.339. The third-order valence-corrected chi connectivity index (χ3v) is 4.35. The summed E-state index contributed by atoms with van der Waals surface area (Å²) in [6.45, 7) is 3.07. The number of carboxylic acid groups (broad SMARTS) is 1. The van der Waals surface area contributed by atoms with Gasteiger partial charge >= 0.3 is 5.97 Å². The molecule has 1 aromatic carbocycles. The summed E-state index contributed by atoms with van der Waals surface area (Å²) in [7, 11) is -3.83. The molecule has 0 bridgehead atoms. The summed E-state index contributed by atoms with van der Waals surface area (Å²) in [4.78, 5) is 10.9. The Morgan fingerprint density at radius 1 is 1.42 bits per heavy atom. The second kappa shape index (κ2) is 6.14. The summed E-state index contributed by atoms with van der Waals surface area (Å²) < 4.78 is 26.3. The zero-order valence-electron chi connectivity index (χ0n) is 10.8. The molecule has 0 saturated heterocycles. The summed E-state index contributed by atoms with van der Waals surface area (Å²) in [5.41, 5.74) is 0.118. The highest BCUT2D eigenvalue weighted by molar-refractivity contribution is 7.89. The monoisotopic (exact) mass is 287 g/mol. The molecule has 0 aliphatic rings. The van der Waals surface area contributed by atoms with E-state index in [1.165, 1.54) is 25.1 Å². The number of carbonyl (C=O) groups is 1. The van der Waals surface area contributed by atoms with Crippen molar-refractivity contribution in [3.8, 4) is 0 Å². The number of carboxylic acids is 1. The van der Waals surface area contributed by atoms with E-state index in [0.29, 0.717) is 6.42 Å². The van der Waals surface area contributed by atoms with E-state index >= 15 is 0 Å². The van der Waals surface area contributed by atoms with Crippen LogP contribution in [-0.2, 0) is 10.0 Å². The van der Waals surface area contributed by atoms with Crippen molar-refractivity contribution in [2.45, 2.75) is 31.3 Å². The lowest BCUT2D eigenvalue weighted by Gasteiger charge is -2.13. The average Bonchev–Trinajstić information content (AvgIpc) is 2.35. The van der Waals surface area contributed by atoms with E-state index < -0.39 is 22.1 Å². The van der Waals surface area contributed by atoms with E-state index in [9.17, 15) is 18.3 Å². The van der Waals surface area contributed by atoms with E-state index in [-0.39, 0.29) is 22.6 Å². The maximum absolute atomic E-state index is 12.0. The SMILES string of the molecule is CCC(O)CNS(=O)(=O)c1cccc(C(=O)O)c1C. The highest BCUT2D eigenvalue weighted by Crippen LogP contribution is 2.18. The molecule has 1 rings (SSSR count). The molecule has 0 heterocycles. The van der Waals surface area contributed by atoms with Crippen LogP contribution in [0.2, 0.25) is 0 Å². The molecule has 0 radical (unpaired) electrons. The molecular weight excluding hydrogens is 270 g/mol. The molecule has 1 unspecified atom stereocenters. The van der Waals surface area contributed by atoms with Crippen LogP contribution in [0.15, 0.2) is 23.1 Å². The fraction of sp³-hybridized carbons (Fsp3) is 0.417. The van der Waals surface area contributed by atoms with Crippen LogP contribution >= 0.6 is 0 Å². The fourth-order valence-corrected chi connectivity index (χ4v) is 2.90. The van der Waals surface area contributed by atoms with E-state index in [1.807, 2.05) is 0 Å². The Bertz CT molecular complexity index is 567. The molecule has 0 aliphatic heterocycles. The van der Waals surface area contributed by atoms with Crippen LogP contribution in [-0.4, -0.2) is 37.2 Å². The van der Waals surface area contributed by atoms with Gasteiger partial charge in [-0.3, -0.25) is 0 Å². The zero-order valence-corrected chi connectivity index (χ0v) is 11.6. The van der Waals surface area contributed by atoms with Gasteiger partial charge in [0.1, 0.15) is 0 Å². The minimum atomic E-state index is -3.83. The Hall–Kier alpha value is -1.44. The largest absolute Gasteiger partial charge is 0.478 e. The number of aliphatic hydroxyl groups is 1. The molecule has 106 valence electrons. The molecular formula is C12H17NO5S. The van der Waals surface area contributed by atoms with Gasteiger partial charge in [-0.15, -0.1) is 0 Å². The summed E-state index contributed by atoms with van der Waals surface area (Å²) in [5.74, 6) is -1.18. The topological polar surface area (TPSA) is 104 Å². The van der Waals surface area contributed by atoms with Crippen molar-refractivity contribution in [1.82, 2.24) is 4.72 Å². The highest BCUT2D eigenvalue weighted by Gasteiger charge is 2.21. The second-order valence-electron chi connectivity index (χ2n) is 4.15. The number of benzene rings is 1. The van der Waals surface area contributed by atoms with Gasteiger partial charge in [0.25, 0.3) is 0 Å². The molecule has 0 aliphatic carbocycles. The van der Waals surface area contributed by atoms with Crippen molar-refractivity contribution in [3.05, 3.63) is 29.3 Å². The molecule has 3 N–H and O–H groups in total. The quantitative estimate of drug-likeness (QED) is 0.716. The standard InChI is InChI=1S/C12H17NO5S/c1-3-9(14)7-13-19(17,18)11-6-4-5-10(8(11)2)12(15)16/h4-6,9,13-14H,3,7H2,1-2H3,(H,15,16). The van der Waals surface area contributed by atoms with Crippen molar-refractivity contribution in [1.29, 1.82) is 0 Å². The fourth-order valence-electron chi connectivity index (χ4n) is 1.57. The van der Waals surface area contributed by atoms with E-state index in [0.717, 1.165) is 0 Å². The molecule has 0 spiro atoms. The summed E-state index contributed by atoms with van der Waals surface area (Å²) in [5, 5.41) is 18.3. The first-order valence-electron chi connectivity index (χ1n) is 5.80. The van der Waals surface area contributed by atoms with Gasteiger partial charge in [-0.05, 0) is 31.0 Å². The molecule has 1 aromatic rings. The lowest BCUT2D eigenvalue weighted by Crippen LogP contribution is -2.32. The van der Waals surface area contributed by atoms with Crippen LogP contribution < -0.4 is 4.72 Å². The smallest absolute Gasteiger partial charge is 0.335 e. The van der Waals surface area contributed by atoms with Gasteiger partial charge in [0.2, 0.25) is 10.0 Å². The normalized spacial score (nSPS) is 13.2. The van der Waals surface area contributed by atoms with Crippen LogP contribution in [0.25, 0.3) is 0 Å². The van der Waals surface area contributed by atoms with Crippen molar-refractivity contribution in [3.63, 3.8) is 0 Å². The maximum Gasteiger partial charge on any atom is 0.335 e. The van der Waals surface area contributed by atoms with Crippen LogP contribution in [0.3, 0.4) is 0 Å². The number of hydrogen-bond donors (Lipinski definition) is 3. The number of aromatic carboxylic acids is 1. The third-order valence-electron chi connectivity index (χ3n) is 2.78. The van der Waals surface area contributed by atoms with Crippen LogP contribution in [0.4, 0.5) is 0 Å². The predicted molar refractivity (Wildman–Crippen MR) is 69.6 cm³/mol. The molecule has 0 fully saturated rings. The number of rotatable bonds is 6. The number of sulfonamides is 1. The van der Waals surface area contributed by atoms with Gasteiger partial charge in [0.15, 0.2) is 0 Å². The van der Waals surface area contributed by atoms with Gasteiger partial charge in [-0.25, -0.2) is 17.9 Å². The van der Waals surface area contributed by atoms with E-state index in [2.05, 4.69) is 4.72 Å². The lowest BCUT2D eigenvalue weighted by atomic mass is 10.1. The average molecular weight is 287 g/mol. The second-order valence-corrected chi connectivity index (χ2v) is 5.88. The van der Waals surface area contributed by atoms with Gasteiger partial charge in [-0.2, -0.15) is 0 Å². The highest BCUT2D eigenvalue weighted by atomic mass is 32.2. The van der Waals surface area contributed by atoms with E-state index in [1.54, 1.807) is 6.92 Å². The molecule has 1 atom stereocenters. The Morgan fingerprint density at radius 2 is 2.05 bits per heavy atom. The zero-order chi connectivity index (χ0) is 14.6. The van der Waals surface area contributed by atoms with Crippen LogP contribution in [0.5, 0.6) is 0 Å². The first kappa shape index (κ1) is 15.6. The third kappa shape index (κ3) is 3.76. The minimum Gasteiger partial charge on any atom is -0.478 e. The maximum atomic E-state index is 12.0. The molecule has 7 heteroatoms. The van der Waals surface area contributed by atoms with Gasteiger partial charge in [-0.1, -0.05) is 13.0 Å². The van der Waals surface area contributed by atoms with Crippen LogP contribution in [0, 0.1) is 6.92 Å². The molecule has 0 aromatic heterocycles. The predicted octanol–water partition coefficient (Wildman–Crippen LogP) is 0.742. The molecule has 0 amide bonds. The van der Waals surface area contributed by atoms with Crippen molar-refractivity contribution in [2.24, 2.45) is 0 Å². The van der Waals surface area contributed by atoms with Crippen molar-refractivity contribution in [2.75, 3.05) is 6.54 Å². The lowest BCUT2D eigenvalue weighted by molar-refractivity contribution is 0.0695. The Balaban J connectivity index is 3.09. The molecule has 6 nitrogen and oxygen atoms in total. The Labute approximate surface area is 112 Å². The van der Waals surface area contributed by atoms with Gasteiger partial charge in [0.05, 0.1) is 16.6 Å². The Morgan fingerprint density at radius 3 is 2.58 bits per heavy atom. The first-order valence-corrected chi connectivity index (χ1v) is 7.28. The van der Waals surface area contributed by atoms with Crippen molar-refractivity contribution < 1.29 is 23.4 Å². The number of nitrogens with one attached hydrogen (secondary N) is 1. The van der Waals surface area contributed by atoms with Crippen LogP contribution in [0.1, 0.15) is 29.3 Å². The summed E-state index contributed by atoms with van der Waals surface area (Å²) >= 11 is 0. The van der Waals surface area contributed by atoms with Crippen molar-refractivity contribution >= 4 is 16.0 Å². The Kier molecular flexibility index (Phi) is 5.04.